The molecule has 4 heterocycles. The Balaban J connectivity index is 1.13. The van der Waals surface area contributed by atoms with E-state index in [2.05, 4.69) is 131 Å². The molecule has 2 atom stereocenters. The van der Waals surface area contributed by atoms with Crippen LogP contribution >= 0.6 is 22.7 Å². The van der Waals surface area contributed by atoms with E-state index in [0.29, 0.717) is 54.4 Å². The van der Waals surface area contributed by atoms with Gasteiger partial charge in [-0.2, -0.15) is 5.26 Å². The highest BCUT2D eigenvalue weighted by molar-refractivity contribution is 7.17. The number of fused-ring (bicyclic) bond motifs is 1. The fourth-order valence-electron chi connectivity index (χ4n) is 11.7. The third-order valence-corrected chi connectivity index (χ3v) is 19.1. The molecule has 10 nitrogen and oxygen atoms in total. The van der Waals surface area contributed by atoms with Crippen molar-refractivity contribution < 1.29 is 29.0 Å². The highest BCUT2D eigenvalue weighted by Gasteiger charge is 2.50. The summed E-state index contributed by atoms with van der Waals surface area (Å²) in [5.41, 5.74) is 7.61. The number of carboxylic acids is 1. The number of carbonyl (C=O) groups is 3. The third kappa shape index (κ3) is 16.6. The van der Waals surface area contributed by atoms with E-state index in [9.17, 15) is 15.2 Å². The summed E-state index contributed by atoms with van der Waals surface area (Å²) in [6.07, 6.45) is 24.0. The Morgan fingerprint density at radius 2 is 0.884 bits per heavy atom. The number of rotatable bonds is 37. The second-order valence-corrected chi connectivity index (χ2v) is 25.3. The second kappa shape index (κ2) is 33.1. The van der Waals surface area contributed by atoms with Crippen LogP contribution in [0.4, 0.5) is 17.1 Å². The highest BCUT2D eigenvalue weighted by Crippen LogP contribution is 2.51. The molecule has 2 unspecified atom stereocenters. The number of hydrogen-bond acceptors (Lipinski definition) is 9. The number of anilines is 3. The summed E-state index contributed by atoms with van der Waals surface area (Å²) in [6.45, 7) is 15.7. The molecule has 6 aromatic rings. The lowest BCUT2D eigenvalue weighted by molar-refractivity contribution is -0.132. The van der Waals surface area contributed by atoms with Gasteiger partial charge in [-0.3, -0.25) is 9.59 Å². The van der Waals surface area contributed by atoms with Gasteiger partial charge in [0.15, 0.2) is 0 Å². The predicted octanol–water partition coefficient (Wildman–Crippen LogP) is 20.3. The first-order valence-corrected chi connectivity index (χ1v) is 33.8. The molecule has 0 radical (unpaired) electrons. The van der Waals surface area contributed by atoms with Gasteiger partial charge in [0.1, 0.15) is 23.1 Å². The average molecular weight is 1200 g/mol. The third-order valence-electron chi connectivity index (χ3n) is 16.8. The van der Waals surface area contributed by atoms with Crippen molar-refractivity contribution >= 4 is 75.0 Å². The van der Waals surface area contributed by atoms with E-state index in [1.807, 2.05) is 34.1 Å². The van der Waals surface area contributed by atoms with Crippen molar-refractivity contribution in [1.29, 1.82) is 5.26 Å². The van der Waals surface area contributed by atoms with Crippen LogP contribution in [0.2, 0.25) is 0 Å². The minimum Gasteiger partial charge on any atom is -0.494 e. The number of hydrogen-bond donors (Lipinski definition) is 1. The number of ether oxygens (including phenoxy) is 2. The monoisotopic (exact) mass is 1190 g/mol. The lowest BCUT2D eigenvalue weighted by atomic mass is 9.98. The van der Waals surface area contributed by atoms with Crippen LogP contribution in [0.3, 0.4) is 0 Å². The number of nitriles is 1. The molecule has 0 saturated heterocycles. The van der Waals surface area contributed by atoms with Crippen LogP contribution in [0.5, 0.6) is 11.5 Å². The van der Waals surface area contributed by atoms with Gasteiger partial charge in [0.2, 0.25) is 0 Å². The summed E-state index contributed by atoms with van der Waals surface area (Å²) in [4.78, 5) is 52.6. The Labute approximate surface area is 520 Å². The number of carbonyl (C=O) groups excluding carboxylic acids is 2. The van der Waals surface area contributed by atoms with Crippen LogP contribution in [0, 0.1) is 23.2 Å². The Kier molecular flexibility index (Phi) is 24.9. The molecule has 2 amide bonds. The molecule has 0 spiro atoms. The number of unbranched alkanes of at least 4 members (excludes halogenated alkanes) is 12. The molecule has 12 heteroatoms. The number of thiophene rings is 2. The summed E-state index contributed by atoms with van der Waals surface area (Å²) in [7, 11) is 0. The van der Waals surface area contributed by atoms with Crippen molar-refractivity contribution in [2.45, 2.75) is 170 Å². The lowest BCUT2D eigenvalue weighted by Crippen LogP contribution is -2.34. The van der Waals surface area contributed by atoms with E-state index in [1.165, 1.54) is 70.3 Å². The normalized spacial score (nSPS) is 14.1. The molecule has 1 N–H and O–H groups in total. The predicted molar refractivity (Wildman–Crippen MR) is 357 cm³/mol. The van der Waals surface area contributed by atoms with Crippen molar-refractivity contribution in [1.82, 2.24) is 9.80 Å². The number of nitrogens with zero attached hydrogens (tertiary/aromatic N) is 4. The van der Waals surface area contributed by atoms with E-state index in [0.717, 1.165) is 123 Å². The SMILES string of the molecule is CCCCCCCCOc1ccc(N(c2ccc(OCCCCCCCC)cc2)c2ccc(-c3ccc(C4=C5C(=O)N(CC(CC)CCCC)C(c6ccc(-c7ccc(/C=C(\C#N)C(=O)O)cc7)s6)=C5C(=O)N4CC(CC)CCCC)s3)cc2)cc1. The van der Waals surface area contributed by atoms with Crippen molar-refractivity contribution in [3.05, 3.63) is 153 Å². The maximum Gasteiger partial charge on any atom is 0.346 e. The fraction of sp³-hybridized carbons (Fsp3) is 0.432. The number of benzene rings is 4. The van der Waals surface area contributed by atoms with Crippen molar-refractivity contribution in [2.24, 2.45) is 11.8 Å². The first-order valence-electron chi connectivity index (χ1n) is 32.2. The molecule has 2 aliphatic rings. The highest BCUT2D eigenvalue weighted by atomic mass is 32.1. The molecular formula is C74H90N4O6S2. The molecule has 0 aliphatic carbocycles. The summed E-state index contributed by atoms with van der Waals surface area (Å²) >= 11 is 3.17. The van der Waals surface area contributed by atoms with Crippen molar-refractivity contribution in [2.75, 3.05) is 31.2 Å². The minimum absolute atomic E-state index is 0.121. The second-order valence-electron chi connectivity index (χ2n) is 23.1. The van der Waals surface area contributed by atoms with Crippen LogP contribution in [-0.4, -0.2) is 59.0 Å². The van der Waals surface area contributed by atoms with Gasteiger partial charge in [-0.05, 0) is 145 Å². The molecule has 2 aliphatic heterocycles. The lowest BCUT2D eigenvalue weighted by Gasteiger charge is -2.29. The summed E-state index contributed by atoms with van der Waals surface area (Å²) in [6, 6.07) is 43.0. The molecular weight excluding hydrogens is 1100 g/mol. The fourth-order valence-corrected chi connectivity index (χ4v) is 13.8. The van der Waals surface area contributed by atoms with Gasteiger partial charge in [-0.25, -0.2) is 4.79 Å². The first-order chi connectivity index (χ1) is 42.0. The van der Waals surface area contributed by atoms with Gasteiger partial charge < -0.3 is 29.3 Å². The zero-order valence-electron chi connectivity index (χ0n) is 51.8. The van der Waals surface area contributed by atoms with E-state index in [4.69, 9.17) is 9.47 Å². The average Bonchev–Trinajstić information content (AvgIpc) is 1.59. The molecule has 0 saturated carbocycles. The molecule has 0 bridgehead atoms. The largest absolute Gasteiger partial charge is 0.494 e. The van der Waals surface area contributed by atoms with E-state index < -0.39 is 5.97 Å². The number of aliphatic carboxylic acids is 1. The first kappa shape index (κ1) is 64.8. The van der Waals surface area contributed by atoms with E-state index >= 15 is 9.59 Å². The van der Waals surface area contributed by atoms with Gasteiger partial charge >= 0.3 is 5.97 Å². The zero-order chi connectivity index (χ0) is 60.8. The standard InChI is InChI=1S/C74H90N4O6S2/c1-7-13-17-19-21-23-47-83-62-39-35-60(36-40-62)78(61-37-41-63(42-38-61)84-48-24-22-20-18-14-8-2)59-33-31-57(32-34-59)65-44-46-67(86-65)71-69-68(72(79)77(71)52-54(12-6)26-16-10-4)70(76(73(69)80)51-53(11-5)25-15-9-3)66-45-43-64(85-66)56-29-27-55(28-30-56)49-58(50-75)74(81)82/h27-46,49,53-54H,7-26,47-48,51-52H2,1-6H3,(H,81,82)/b58-49+. The van der Waals surface area contributed by atoms with Crippen LogP contribution in [0.1, 0.15) is 185 Å². The van der Waals surface area contributed by atoms with E-state index in [1.54, 1.807) is 40.9 Å². The van der Waals surface area contributed by atoms with E-state index in [-0.39, 0.29) is 29.2 Å². The molecule has 4 aromatic carbocycles. The maximum atomic E-state index is 15.6. The van der Waals surface area contributed by atoms with Gasteiger partial charge in [-0.15, -0.1) is 22.7 Å². The summed E-state index contributed by atoms with van der Waals surface area (Å²) in [5, 5.41) is 18.8. The zero-order valence-corrected chi connectivity index (χ0v) is 53.5. The van der Waals surface area contributed by atoms with Gasteiger partial charge in [0.25, 0.3) is 11.8 Å². The maximum absolute atomic E-state index is 15.6. The van der Waals surface area contributed by atoms with Gasteiger partial charge in [0.05, 0.1) is 45.5 Å². The smallest absolute Gasteiger partial charge is 0.346 e. The topological polar surface area (TPSA) is 123 Å². The minimum atomic E-state index is -1.27. The number of amides is 2. The molecule has 8 rings (SSSR count). The number of carboxylic acid groups (broad SMARTS) is 1. The Morgan fingerprint density at radius 1 is 0.512 bits per heavy atom. The van der Waals surface area contributed by atoms with Crippen LogP contribution in [0.25, 0.3) is 38.4 Å². The van der Waals surface area contributed by atoms with Crippen LogP contribution < -0.4 is 14.4 Å². The quantitative estimate of drug-likeness (QED) is 0.0232. The Morgan fingerprint density at radius 3 is 1.27 bits per heavy atom. The summed E-state index contributed by atoms with van der Waals surface area (Å²) < 4.78 is 12.5. The molecule has 2 aromatic heterocycles. The van der Waals surface area contributed by atoms with Gasteiger partial charge in [-0.1, -0.05) is 181 Å². The molecule has 86 heavy (non-hydrogen) atoms. The molecule has 0 fully saturated rings. The Bertz CT molecular complexity index is 3230. The van der Waals surface area contributed by atoms with Crippen molar-refractivity contribution in [3.63, 3.8) is 0 Å². The van der Waals surface area contributed by atoms with Crippen molar-refractivity contribution in [3.8, 4) is 38.4 Å². The summed E-state index contributed by atoms with van der Waals surface area (Å²) in [5.74, 6) is 0.720. The van der Waals surface area contributed by atoms with Crippen LogP contribution in [0.15, 0.2) is 138 Å². The Hall–Kier alpha value is -7.20. The molecule has 454 valence electrons. The van der Waals surface area contributed by atoms with Gasteiger partial charge in [0, 0.05) is 39.9 Å². The van der Waals surface area contributed by atoms with Crippen LogP contribution in [-0.2, 0) is 14.4 Å².